The van der Waals surface area contributed by atoms with E-state index in [-0.39, 0.29) is 60.3 Å². The first kappa shape index (κ1) is 66.2. The first-order chi connectivity index (χ1) is 52.1. The van der Waals surface area contributed by atoms with Gasteiger partial charge in [-0.3, -0.25) is 9.97 Å². The van der Waals surface area contributed by atoms with Crippen LogP contribution in [0.1, 0.15) is 63.8 Å². The van der Waals surface area contributed by atoms with Crippen molar-refractivity contribution >= 4 is 0 Å². The molecule has 3 radical (unpaired) electrons. The normalized spacial score (nSPS) is 11.6. The van der Waals surface area contributed by atoms with Crippen LogP contribution in [0, 0.1) is 84.6 Å². The van der Waals surface area contributed by atoms with Crippen LogP contribution in [0.3, 0.4) is 0 Å². The van der Waals surface area contributed by atoms with E-state index in [2.05, 4.69) is 120 Å². The summed E-state index contributed by atoms with van der Waals surface area (Å²) in [5, 5.41) is 0. The molecule has 0 saturated heterocycles. The molecule has 0 bridgehead atoms. The van der Waals surface area contributed by atoms with Gasteiger partial charge in [0.25, 0.3) is 0 Å². The van der Waals surface area contributed by atoms with Crippen LogP contribution in [0.15, 0.2) is 304 Å². The summed E-state index contributed by atoms with van der Waals surface area (Å²) in [6.07, 6.45) is 14.6. The average molecular weight is 1870 g/mol. The van der Waals surface area contributed by atoms with Crippen LogP contribution in [0.4, 0.5) is 0 Å². The van der Waals surface area contributed by atoms with Crippen molar-refractivity contribution in [2.45, 2.75) is 61.6 Å². The number of hydrogen-bond acceptors (Lipinski definition) is 8. The Morgan fingerprint density at radius 2 is 0.588 bits per heavy atom. The van der Waals surface area contributed by atoms with Crippen LogP contribution in [-0.2, 0) is 66.7 Å². The minimum Gasteiger partial charge on any atom is -0.304 e. The summed E-state index contributed by atoms with van der Waals surface area (Å²) in [7, 11) is 0. The molecule has 0 unspecified atom stereocenters. The third kappa shape index (κ3) is 23.1. The Morgan fingerprint density at radius 3 is 0.902 bits per heavy atom. The molecule has 15 rings (SSSR count). The SMILES string of the molecule is CCc1cc(-c2[c-]cccc2)ncc1-c1ccccn1.Cc1cc(-c2[c-]cccc2)ncc1-c1ccccn1.[2H]C([2H])([2H])c1cnc(-c2[c-]cccc2)cc1C.[2H]C([2H])([2H])c1cnc(-c2[c-]cccc2)cc1C.[2H]C([2H])([2H])c1cnc(-c2[c-]cccc2)cc1C.[Ir].[Ir].[Ir].[c-]1ccccc1-c1ccc(-c2ccccc2)cn1. The van der Waals surface area contributed by atoms with Gasteiger partial charge >= 0.3 is 0 Å². The van der Waals surface area contributed by atoms with Crippen molar-refractivity contribution in [3.63, 3.8) is 0 Å². The van der Waals surface area contributed by atoms with Gasteiger partial charge in [0.05, 0.1) is 11.4 Å². The fourth-order valence-electron chi connectivity index (χ4n) is 9.96. The second-order valence-corrected chi connectivity index (χ2v) is 22.5. The van der Waals surface area contributed by atoms with E-state index in [1.807, 2.05) is 231 Å². The summed E-state index contributed by atoms with van der Waals surface area (Å²) in [6, 6.07) is 101. The van der Waals surface area contributed by atoms with Crippen LogP contribution >= 0.6 is 0 Å². The minimum atomic E-state index is -2.10. The summed E-state index contributed by atoms with van der Waals surface area (Å²) < 4.78 is 66.4. The van der Waals surface area contributed by atoms with Gasteiger partial charge in [-0.1, -0.05) is 109 Å². The smallest absolute Gasteiger partial charge is 0.0719 e. The summed E-state index contributed by atoms with van der Waals surface area (Å²) >= 11 is 0. The second kappa shape index (κ2) is 41.4. The molecule has 0 fully saturated rings. The molecule has 102 heavy (non-hydrogen) atoms. The third-order valence-electron chi connectivity index (χ3n) is 15.5. The molecule has 0 atom stereocenters. The van der Waals surface area contributed by atoms with Gasteiger partial charge in [-0.2, -0.15) is 0 Å². The molecule has 8 nitrogen and oxygen atoms in total. The molecule has 0 aliphatic heterocycles. The van der Waals surface area contributed by atoms with Crippen molar-refractivity contribution in [3.8, 4) is 101 Å². The maximum atomic E-state index is 7.37. The molecule has 0 spiro atoms. The van der Waals surface area contributed by atoms with Gasteiger partial charge in [0, 0.05) is 133 Å². The summed E-state index contributed by atoms with van der Waals surface area (Å²) in [6.45, 7) is 3.29. The maximum absolute atomic E-state index is 7.37. The second-order valence-electron chi connectivity index (χ2n) is 22.5. The van der Waals surface area contributed by atoms with Gasteiger partial charge in [-0.15, -0.1) is 215 Å². The Kier molecular flexibility index (Phi) is 26.9. The molecule has 513 valence electrons. The van der Waals surface area contributed by atoms with E-state index >= 15 is 0 Å². The van der Waals surface area contributed by atoms with Gasteiger partial charge < -0.3 is 29.9 Å². The molecule has 11 heteroatoms. The molecule has 15 aromatic rings. The van der Waals surface area contributed by atoms with E-state index in [1.165, 1.54) is 35.3 Å². The summed E-state index contributed by atoms with van der Waals surface area (Å²) in [5.74, 6) is 0. The first-order valence-corrected chi connectivity index (χ1v) is 32.1. The Balaban J connectivity index is 0.000000184. The number of pyridine rings is 8. The van der Waals surface area contributed by atoms with Crippen LogP contribution in [-0.4, -0.2) is 39.9 Å². The monoisotopic (exact) mass is 1870 g/mol. The number of aromatic nitrogens is 8. The van der Waals surface area contributed by atoms with Crippen molar-refractivity contribution < 1.29 is 72.7 Å². The Labute approximate surface area is 655 Å². The first-order valence-electron chi connectivity index (χ1n) is 36.6. The van der Waals surface area contributed by atoms with E-state index < -0.39 is 20.6 Å². The molecule has 8 heterocycles. The molecule has 0 saturated carbocycles. The zero-order valence-corrected chi connectivity index (χ0v) is 63.8. The topological polar surface area (TPSA) is 103 Å². The van der Waals surface area contributed by atoms with Crippen LogP contribution in [0.25, 0.3) is 101 Å². The number of benzene rings is 7. The predicted octanol–water partition coefficient (Wildman–Crippen LogP) is 21.8. The van der Waals surface area contributed by atoms with Crippen LogP contribution in [0.5, 0.6) is 0 Å². The standard InChI is InChI=1S/C18H15N2.C17H13N2.C17H12N.3C13H12N.3Ir/c1-2-14-12-18(15-8-4-3-5-9-15)20-13-16(14)17-10-6-7-11-19-17;1-13-11-17(14-7-3-2-4-8-14)19-12-15(13)16-9-5-6-10-18-16;1-3-7-14(8-4-1)16-11-12-17(18-13-16)15-9-5-2-6-10-15;3*1-10-8-13(14-9-11(10)2)12-6-4-3-5-7-12;;;/h3-8,10-13H,2H2,1H3;2-7,9-12H,1H3;1-9,11-13H;3*3-6,8-9H,1-2H3;;;/q6*-1;;;/i;;;3*2D3;;;. The van der Waals surface area contributed by atoms with Crippen molar-refractivity contribution in [2.75, 3.05) is 0 Å². The number of aryl methyl sites for hydroxylation is 8. The van der Waals surface area contributed by atoms with Gasteiger partial charge in [0.2, 0.25) is 0 Å². The van der Waals surface area contributed by atoms with Gasteiger partial charge in [-0.25, -0.2) is 0 Å². The number of nitrogens with zero attached hydrogens (tertiary/aromatic N) is 8. The van der Waals surface area contributed by atoms with Crippen molar-refractivity contribution in [3.05, 3.63) is 385 Å². The zero-order valence-electron chi connectivity index (χ0n) is 65.7. The fourth-order valence-corrected chi connectivity index (χ4v) is 9.96. The van der Waals surface area contributed by atoms with E-state index in [1.54, 1.807) is 45.2 Å². The number of rotatable bonds is 10. The van der Waals surface area contributed by atoms with Gasteiger partial charge in [0.15, 0.2) is 0 Å². The van der Waals surface area contributed by atoms with Crippen LogP contribution < -0.4 is 0 Å². The Hall–Kier alpha value is -10.3. The zero-order chi connectivity index (χ0) is 76.5. The van der Waals surface area contributed by atoms with Crippen molar-refractivity contribution in [1.29, 1.82) is 0 Å². The quantitative estimate of drug-likeness (QED) is 0.125. The Morgan fingerprint density at radius 1 is 0.265 bits per heavy atom. The van der Waals surface area contributed by atoms with Gasteiger partial charge in [-0.05, 0) is 152 Å². The summed E-state index contributed by atoms with van der Waals surface area (Å²) in [4.78, 5) is 34.9. The van der Waals surface area contributed by atoms with Crippen molar-refractivity contribution in [2.24, 2.45) is 0 Å². The van der Waals surface area contributed by atoms with E-state index in [0.29, 0.717) is 16.7 Å². The predicted molar refractivity (Wildman–Crippen MR) is 405 cm³/mol. The minimum absolute atomic E-state index is 0. The fraction of sp³-hybridized carbons (Fsp3) is 0.0989. The molecule has 0 N–H and O–H groups in total. The molecule has 0 aliphatic carbocycles. The van der Waals surface area contributed by atoms with Crippen LogP contribution in [0.2, 0.25) is 0 Å². The molecular weight excluding hydrogens is 1780 g/mol. The molecule has 0 aliphatic rings. The van der Waals surface area contributed by atoms with Crippen molar-refractivity contribution in [1.82, 2.24) is 39.9 Å². The van der Waals surface area contributed by atoms with E-state index in [4.69, 9.17) is 12.3 Å². The molecule has 7 aromatic carbocycles. The van der Waals surface area contributed by atoms with E-state index in [0.717, 1.165) is 119 Å². The molecule has 0 amide bonds. The Bertz CT molecular complexity index is 4990. The summed E-state index contributed by atoms with van der Waals surface area (Å²) in [5.41, 5.74) is 22.7. The maximum Gasteiger partial charge on any atom is 0.0719 e. The number of hydrogen-bond donors (Lipinski definition) is 0. The van der Waals surface area contributed by atoms with E-state index in [9.17, 15) is 0 Å². The molecular formula is C91H76Ir3N8-6. The largest absolute Gasteiger partial charge is 0.304 e. The average Bonchev–Trinajstić information content (AvgIpc) is 0.840. The third-order valence-corrected chi connectivity index (χ3v) is 15.5. The van der Waals surface area contributed by atoms with Gasteiger partial charge in [0.1, 0.15) is 0 Å². The molecule has 8 aromatic heterocycles.